The van der Waals surface area contributed by atoms with Crippen LogP contribution in [0.4, 0.5) is 0 Å². The number of thiophene rings is 1. The highest BCUT2D eigenvalue weighted by atomic mass is 32.1. The number of nitrogens with one attached hydrogen (secondary N) is 1. The molecule has 0 aliphatic heterocycles. The van der Waals surface area contributed by atoms with Crippen molar-refractivity contribution in [3.63, 3.8) is 0 Å². The fourth-order valence-corrected chi connectivity index (χ4v) is 3.14. The molecule has 0 radical (unpaired) electrons. The minimum Gasteiger partial charge on any atom is -0.307 e. The fourth-order valence-electron chi connectivity index (χ4n) is 2.20. The number of nitrogens with zero attached hydrogens (tertiary/aromatic N) is 1. The van der Waals surface area contributed by atoms with Crippen molar-refractivity contribution in [2.24, 2.45) is 0 Å². The van der Waals surface area contributed by atoms with Crippen molar-refractivity contribution in [1.82, 2.24) is 9.55 Å². The molecule has 0 bridgehead atoms. The summed E-state index contributed by atoms with van der Waals surface area (Å²) in [5.41, 5.74) is -0.0184. The number of benzene rings is 1. The summed E-state index contributed by atoms with van der Waals surface area (Å²) in [4.78, 5) is 29.4. The van der Waals surface area contributed by atoms with Crippen LogP contribution in [-0.4, -0.2) is 9.55 Å². The van der Waals surface area contributed by atoms with Gasteiger partial charge in [0.1, 0.15) is 0 Å². The summed E-state index contributed by atoms with van der Waals surface area (Å²) in [6.07, 6.45) is 0.966. The molecule has 0 fully saturated rings. The molecule has 2 aromatic heterocycles. The SMILES string of the molecule is CCc1ccc(Cn2c(=O)[nH]c3ccccc3c2=O)s1. The Bertz CT molecular complexity index is 873. The van der Waals surface area contributed by atoms with Gasteiger partial charge in [-0.2, -0.15) is 0 Å². The molecule has 3 rings (SSSR count). The normalized spacial score (nSPS) is 11.1. The zero-order valence-corrected chi connectivity index (χ0v) is 11.9. The second kappa shape index (κ2) is 5.09. The summed E-state index contributed by atoms with van der Waals surface area (Å²) in [6.45, 7) is 2.41. The average Bonchev–Trinajstić information content (AvgIpc) is 2.91. The first-order chi connectivity index (χ1) is 9.69. The van der Waals surface area contributed by atoms with Gasteiger partial charge in [-0.3, -0.25) is 9.36 Å². The Balaban J connectivity index is 2.11. The summed E-state index contributed by atoms with van der Waals surface area (Å²) in [5.74, 6) is 0. The predicted molar refractivity (Wildman–Crippen MR) is 81.6 cm³/mol. The third-order valence-electron chi connectivity index (χ3n) is 3.27. The molecule has 20 heavy (non-hydrogen) atoms. The van der Waals surface area contributed by atoms with E-state index < -0.39 is 0 Å². The maximum absolute atomic E-state index is 12.4. The molecule has 3 aromatic rings. The number of hydrogen-bond acceptors (Lipinski definition) is 3. The molecule has 1 N–H and O–H groups in total. The Morgan fingerprint density at radius 1 is 1.10 bits per heavy atom. The Kier molecular flexibility index (Phi) is 3.28. The standard InChI is InChI=1S/C15H14N2O2S/c1-2-10-7-8-11(20-10)9-17-14(18)12-5-3-4-6-13(12)16-15(17)19/h3-8H,2,9H2,1H3,(H,16,19). The number of H-pyrrole nitrogens is 1. The van der Waals surface area contributed by atoms with Gasteiger partial charge in [-0.1, -0.05) is 19.1 Å². The summed E-state index contributed by atoms with van der Waals surface area (Å²) < 4.78 is 1.26. The van der Waals surface area contributed by atoms with Crippen LogP contribution in [0.5, 0.6) is 0 Å². The fraction of sp³-hybridized carbons (Fsp3) is 0.200. The summed E-state index contributed by atoms with van der Waals surface area (Å²) >= 11 is 1.64. The Hall–Kier alpha value is -2.14. The lowest BCUT2D eigenvalue weighted by Gasteiger charge is -2.04. The Morgan fingerprint density at radius 2 is 1.85 bits per heavy atom. The van der Waals surface area contributed by atoms with E-state index in [1.165, 1.54) is 9.44 Å². The summed E-state index contributed by atoms with van der Waals surface area (Å²) in [5, 5.41) is 0.541. The van der Waals surface area contributed by atoms with Crippen molar-refractivity contribution in [3.8, 4) is 0 Å². The van der Waals surface area contributed by atoms with E-state index in [4.69, 9.17) is 0 Å². The molecule has 0 unspecified atom stereocenters. The van der Waals surface area contributed by atoms with E-state index in [0.29, 0.717) is 17.4 Å². The highest BCUT2D eigenvalue weighted by Crippen LogP contribution is 2.17. The quantitative estimate of drug-likeness (QED) is 0.803. The number of aromatic nitrogens is 2. The molecule has 4 nitrogen and oxygen atoms in total. The zero-order valence-electron chi connectivity index (χ0n) is 11.1. The monoisotopic (exact) mass is 286 g/mol. The molecule has 0 amide bonds. The Labute approximate surface area is 119 Å². The topological polar surface area (TPSA) is 54.9 Å². The minimum atomic E-state index is -0.361. The second-order valence-electron chi connectivity index (χ2n) is 4.59. The predicted octanol–water partition coefficient (Wildman–Crippen LogP) is 2.36. The molecule has 2 heterocycles. The largest absolute Gasteiger partial charge is 0.329 e. The highest BCUT2D eigenvalue weighted by molar-refractivity contribution is 7.11. The van der Waals surface area contributed by atoms with E-state index in [1.807, 2.05) is 12.1 Å². The van der Waals surface area contributed by atoms with Crippen molar-refractivity contribution in [1.29, 1.82) is 0 Å². The molecule has 0 atom stereocenters. The van der Waals surface area contributed by atoms with Crippen LogP contribution >= 0.6 is 11.3 Å². The highest BCUT2D eigenvalue weighted by Gasteiger charge is 2.08. The van der Waals surface area contributed by atoms with E-state index in [-0.39, 0.29) is 11.2 Å². The molecule has 102 valence electrons. The second-order valence-corrected chi connectivity index (χ2v) is 5.84. The molecule has 0 saturated heterocycles. The third-order valence-corrected chi connectivity index (χ3v) is 4.48. The van der Waals surface area contributed by atoms with Gasteiger partial charge in [0.15, 0.2) is 0 Å². The molecule has 0 saturated carbocycles. The van der Waals surface area contributed by atoms with Gasteiger partial charge in [0.25, 0.3) is 5.56 Å². The lowest BCUT2D eigenvalue weighted by molar-refractivity contribution is 0.720. The van der Waals surface area contributed by atoms with Crippen LogP contribution in [0.25, 0.3) is 10.9 Å². The maximum Gasteiger partial charge on any atom is 0.329 e. The molecular formula is C15H14N2O2S. The van der Waals surface area contributed by atoms with E-state index in [9.17, 15) is 9.59 Å². The van der Waals surface area contributed by atoms with E-state index in [0.717, 1.165) is 11.3 Å². The van der Waals surface area contributed by atoms with Crippen molar-refractivity contribution >= 4 is 22.2 Å². The molecule has 0 spiro atoms. The van der Waals surface area contributed by atoms with Gasteiger partial charge in [-0.05, 0) is 30.7 Å². The van der Waals surface area contributed by atoms with Gasteiger partial charge in [-0.15, -0.1) is 11.3 Å². The number of rotatable bonds is 3. The van der Waals surface area contributed by atoms with Gasteiger partial charge in [0.05, 0.1) is 17.4 Å². The van der Waals surface area contributed by atoms with E-state index in [2.05, 4.69) is 11.9 Å². The van der Waals surface area contributed by atoms with Crippen molar-refractivity contribution < 1.29 is 0 Å². The summed E-state index contributed by atoms with van der Waals surface area (Å²) in [7, 11) is 0. The van der Waals surface area contributed by atoms with Gasteiger partial charge in [0.2, 0.25) is 0 Å². The lowest BCUT2D eigenvalue weighted by Crippen LogP contribution is -2.35. The molecule has 1 aromatic carbocycles. The van der Waals surface area contributed by atoms with Crippen LogP contribution in [0.1, 0.15) is 16.7 Å². The van der Waals surface area contributed by atoms with Crippen molar-refractivity contribution in [2.45, 2.75) is 19.9 Å². The molecule has 0 aliphatic carbocycles. The maximum atomic E-state index is 12.4. The summed E-state index contributed by atoms with van der Waals surface area (Å²) in [6, 6.07) is 11.1. The number of aromatic amines is 1. The molecular weight excluding hydrogens is 272 g/mol. The van der Waals surface area contributed by atoms with Crippen LogP contribution in [-0.2, 0) is 13.0 Å². The lowest BCUT2D eigenvalue weighted by atomic mass is 10.2. The average molecular weight is 286 g/mol. The van der Waals surface area contributed by atoms with Crippen molar-refractivity contribution in [2.75, 3.05) is 0 Å². The van der Waals surface area contributed by atoms with E-state index in [1.54, 1.807) is 35.6 Å². The van der Waals surface area contributed by atoms with Gasteiger partial charge in [-0.25, -0.2) is 4.79 Å². The van der Waals surface area contributed by atoms with Crippen LogP contribution < -0.4 is 11.2 Å². The van der Waals surface area contributed by atoms with Gasteiger partial charge in [0, 0.05) is 9.75 Å². The molecule has 5 heteroatoms. The number of para-hydroxylation sites is 1. The molecule has 0 aliphatic rings. The van der Waals surface area contributed by atoms with Crippen LogP contribution in [0, 0.1) is 0 Å². The van der Waals surface area contributed by atoms with E-state index >= 15 is 0 Å². The van der Waals surface area contributed by atoms with Crippen LogP contribution in [0.3, 0.4) is 0 Å². The van der Waals surface area contributed by atoms with Crippen LogP contribution in [0.2, 0.25) is 0 Å². The smallest absolute Gasteiger partial charge is 0.307 e. The first-order valence-electron chi connectivity index (χ1n) is 6.48. The van der Waals surface area contributed by atoms with Crippen LogP contribution in [0.15, 0.2) is 46.0 Å². The van der Waals surface area contributed by atoms with Gasteiger partial charge < -0.3 is 4.98 Å². The number of aryl methyl sites for hydroxylation is 1. The minimum absolute atomic E-state index is 0.240. The first-order valence-corrected chi connectivity index (χ1v) is 7.30. The number of fused-ring (bicyclic) bond motifs is 1. The first kappa shape index (κ1) is 12.9. The third kappa shape index (κ3) is 2.20. The van der Waals surface area contributed by atoms with Gasteiger partial charge >= 0.3 is 5.69 Å². The Morgan fingerprint density at radius 3 is 2.60 bits per heavy atom. The van der Waals surface area contributed by atoms with Crippen molar-refractivity contribution in [3.05, 3.63) is 67.0 Å². The number of hydrogen-bond donors (Lipinski definition) is 1. The zero-order chi connectivity index (χ0) is 14.1.